The van der Waals surface area contributed by atoms with E-state index in [9.17, 15) is 4.79 Å². The Morgan fingerprint density at radius 3 is 2.69 bits per heavy atom. The molecule has 0 bridgehead atoms. The second-order valence-corrected chi connectivity index (χ2v) is 4.67. The van der Waals surface area contributed by atoms with E-state index in [1.807, 2.05) is 13.8 Å². The summed E-state index contributed by atoms with van der Waals surface area (Å²) in [6, 6.07) is 0. The number of thiocarbonyl (C=S) groups is 1. The minimum absolute atomic E-state index is 0.0723. The van der Waals surface area contributed by atoms with Gasteiger partial charge in [-0.15, -0.1) is 0 Å². The summed E-state index contributed by atoms with van der Waals surface area (Å²) >= 11 is 4.81. The predicted molar refractivity (Wildman–Crippen MR) is 67.2 cm³/mol. The molecule has 1 aliphatic rings. The van der Waals surface area contributed by atoms with Crippen molar-refractivity contribution in [3.8, 4) is 0 Å². The topological polar surface area (TPSA) is 55.6 Å². The van der Waals surface area contributed by atoms with E-state index in [1.54, 1.807) is 4.90 Å². The van der Waals surface area contributed by atoms with E-state index < -0.39 is 0 Å². The van der Waals surface area contributed by atoms with Crippen LogP contribution >= 0.6 is 12.2 Å². The van der Waals surface area contributed by atoms with Crippen LogP contribution in [0.4, 0.5) is 0 Å². The average Bonchev–Trinajstić information content (AvgIpc) is 2.65. The van der Waals surface area contributed by atoms with Crippen LogP contribution < -0.4 is 5.73 Å². The molecule has 1 heterocycles. The average molecular weight is 244 g/mol. The SMILES string of the molecule is CCN(CCC(N)=S)C(=O)C1CCC(C)O1. The fourth-order valence-corrected chi connectivity index (χ4v) is 1.95. The second-order valence-electron chi connectivity index (χ2n) is 4.15. The maximum Gasteiger partial charge on any atom is 0.251 e. The Kier molecular flexibility index (Phi) is 5.15. The summed E-state index contributed by atoms with van der Waals surface area (Å²) in [5.74, 6) is 0.0723. The Balaban J connectivity index is 2.45. The fourth-order valence-electron chi connectivity index (χ4n) is 1.86. The minimum Gasteiger partial charge on any atom is -0.393 e. The molecule has 0 spiro atoms. The van der Waals surface area contributed by atoms with E-state index in [-0.39, 0.29) is 18.1 Å². The number of nitrogens with zero attached hydrogens (tertiary/aromatic N) is 1. The highest BCUT2D eigenvalue weighted by molar-refractivity contribution is 7.80. The Bertz CT molecular complexity index is 271. The largest absolute Gasteiger partial charge is 0.393 e. The lowest BCUT2D eigenvalue weighted by atomic mass is 10.2. The summed E-state index contributed by atoms with van der Waals surface area (Å²) in [6.45, 7) is 5.23. The van der Waals surface area contributed by atoms with Crippen LogP contribution in [0.5, 0.6) is 0 Å². The van der Waals surface area contributed by atoms with Crippen LogP contribution in [0.2, 0.25) is 0 Å². The molecule has 1 aliphatic heterocycles. The molecule has 1 amide bonds. The number of carbonyl (C=O) groups is 1. The van der Waals surface area contributed by atoms with Gasteiger partial charge in [0, 0.05) is 19.5 Å². The highest BCUT2D eigenvalue weighted by Gasteiger charge is 2.30. The van der Waals surface area contributed by atoms with Crippen molar-refractivity contribution in [2.75, 3.05) is 13.1 Å². The summed E-state index contributed by atoms with van der Waals surface area (Å²) in [7, 11) is 0. The van der Waals surface area contributed by atoms with Crippen molar-refractivity contribution in [2.24, 2.45) is 5.73 Å². The lowest BCUT2D eigenvalue weighted by Crippen LogP contribution is -2.40. The second kappa shape index (κ2) is 6.15. The molecule has 1 saturated heterocycles. The Morgan fingerprint density at radius 2 is 2.25 bits per heavy atom. The number of ether oxygens (including phenoxy) is 1. The van der Waals surface area contributed by atoms with E-state index in [1.165, 1.54) is 0 Å². The normalized spacial score (nSPS) is 24.4. The van der Waals surface area contributed by atoms with Gasteiger partial charge in [0.25, 0.3) is 5.91 Å². The van der Waals surface area contributed by atoms with Gasteiger partial charge in [0.15, 0.2) is 0 Å². The number of nitrogens with two attached hydrogens (primary N) is 1. The third-order valence-electron chi connectivity index (χ3n) is 2.83. The highest BCUT2D eigenvalue weighted by atomic mass is 32.1. The van der Waals surface area contributed by atoms with Crippen molar-refractivity contribution in [1.29, 1.82) is 0 Å². The van der Waals surface area contributed by atoms with Crippen molar-refractivity contribution in [3.05, 3.63) is 0 Å². The Morgan fingerprint density at radius 1 is 1.56 bits per heavy atom. The minimum atomic E-state index is -0.263. The van der Waals surface area contributed by atoms with Gasteiger partial charge in [-0.1, -0.05) is 12.2 Å². The van der Waals surface area contributed by atoms with E-state index in [2.05, 4.69) is 0 Å². The number of amides is 1. The first-order valence-electron chi connectivity index (χ1n) is 5.77. The number of rotatable bonds is 5. The van der Waals surface area contributed by atoms with E-state index >= 15 is 0 Å². The molecule has 1 fully saturated rings. The number of carbonyl (C=O) groups excluding carboxylic acids is 1. The first-order valence-corrected chi connectivity index (χ1v) is 6.18. The van der Waals surface area contributed by atoms with Crippen molar-refractivity contribution < 1.29 is 9.53 Å². The molecule has 0 radical (unpaired) electrons. The van der Waals surface area contributed by atoms with Gasteiger partial charge in [0.05, 0.1) is 11.1 Å². The molecule has 2 N–H and O–H groups in total. The van der Waals surface area contributed by atoms with Crippen LogP contribution in [0.3, 0.4) is 0 Å². The molecule has 2 unspecified atom stereocenters. The van der Waals surface area contributed by atoms with Crippen molar-refractivity contribution >= 4 is 23.1 Å². The van der Waals surface area contributed by atoms with Gasteiger partial charge in [0.2, 0.25) is 0 Å². The highest BCUT2D eigenvalue weighted by Crippen LogP contribution is 2.20. The maximum atomic E-state index is 12.1. The zero-order valence-electron chi connectivity index (χ0n) is 9.94. The summed E-state index contributed by atoms with van der Waals surface area (Å²) in [6.07, 6.45) is 2.30. The monoisotopic (exact) mass is 244 g/mol. The van der Waals surface area contributed by atoms with Crippen LogP contribution in [0.15, 0.2) is 0 Å². The Labute approximate surface area is 102 Å². The molecule has 16 heavy (non-hydrogen) atoms. The standard InChI is InChI=1S/C11H20N2O2S/c1-3-13(7-6-10(12)16)11(14)9-5-4-8(2)15-9/h8-9H,3-7H2,1-2H3,(H2,12,16). The van der Waals surface area contributed by atoms with Gasteiger partial charge in [-0.05, 0) is 26.7 Å². The van der Waals surface area contributed by atoms with Gasteiger partial charge >= 0.3 is 0 Å². The third-order valence-corrected chi connectivity index (χ3v) is 3.03. The summed E-state index contributed by atoms with van der Waals surface area (Å²) < 4.78 is 5.56. The predicted octanol–water partition coefficient (Wildman–Crippen LogP) is 1.08. The van der Waals surface area contributed by atoms with E-state index in [0.717, 1.165) is 12.8 Å². The van der Waals surface area contributed by atoms with Crippen molar-refractivity contribution in [1.82, 2.24) is 4.90 Å². The van der Waals surface area contributed by atoms with Gasteiger partial charge in [-0.2, -0.15) is 0 Å². The van der Waals surface area contributed by atoms with Crippen molar-refractivity contribution in [2.45, 2.75) is 45.3 Å². The van der Waals surface area contributed by atoms with Gasteiger partial charge in [-0.25, -0.2) is 0 Å². The van der Waals surface area contributed by atoms with E-state index in [4.69, 9.17) is 22.7 Å². The van der Waals surface area contributed by atoms with Gasteiger partial charge in [0.1, 0.15) is 6.10 Å². The van der Waals surface area contributed by atoms with Crippen molar-refractivity contribution in [3.63, 3.8) is 0 Å². The molecule has 1 rings (SSSR count). The summed E-state index contributed by atoms with van der Waals surface area (Å²) in [5.41, 5.74) is 5.43. The molecule has 0 aliphatic carbocycles. The smallest absolute Gasteiger partial charge is 0.251 e. The number of likely N-dealkylation sites (N-methyl/N-ethyl adjacent to an activating group) is 1. The molecule has 0 aromatic heterocycles. The quantitative estimate of drug-likeness (QED) is 0.735. The molecule has 5 heteroatoms. The molecule has 4 nitrogen and oxygen atoms in total. The molecule has 92 valence electrons. The van der Waals surface area contributed by atoms with Crippen LogP contribution in [-0.4, -0.2) is 41.1 Å². The van der Waals surface area contributed by atoms with E-state index in [0.29, 0.717) is 24.5 Å². The zero-order valence-corrected chi connectivity index (χ0v) is 10.8. The Hall–Kier alpha value is -0.680. The molecule has 0 aromatic carbocycles. The number of hydrogen-bond donors (Lipinski definition) is 1. The molecular formula is C11H20N2O2S. The first-order chi connectivity index (χ1) is 7.54. The lowest BCUT2D eigenvalue weighted by Gasteiger charge is -2.23. The molecule has 2 atom stereocenters. The molecule has 0 aromatic rings. The molecule has 0 saturated carbocycles. The maximum absolute atomic E-state index is 12.1. The van der Waals surface area contributed by atoms with Crippen LogP contribution in [0.25, 0.3) is 0 Å². The number of hydrogen-bond acceptors (Lipinski definition) is 3. The zero-order chi connectivity index (χ0) is 12.1. The first kappa shape index (κ1) is 13.4. The molecular weight excluding hydrogens is 224 g/mol. The van der Waals surface area contributed by atoms with Gasteiger partial charge < -0.3 is 15.4 Å². The third kappa shape index (κ3) is 3.72. The van der Waals surface area contributed by atoms with Crippen LogP contribution in [0, 0.1) is 0 Å². The summed E-state index contributed by atoms with van der Waals surface area (Å²) in [5, 5.41) is 0. The van der Waals surface area contributed by atoms with Gasteiger partial charge in [-0.3, -0.25) is 4.79 Å². The lowest BCUT2D eigenvalue weighted by molar-refractivity contribution is -0.142. The van der Waals surface area contributed by atoms with Crippen LogP contribution in [0.1, 0.15) is 33.1 Å². The van der Waals surface area contributed by atoms with Crippen LogP contribution in [-0.2, 0) is 9.53 Å². The fraction of sp³-hybridized carbons (Fsp3) is 0.818. The summed E-state index contributed by atoms with van der Waals surface area (Å²) in [4.78, 5) is 14.3.